The van der Waals surface area contributed by atoms with Crippen molar-refractivity contribution in [3.63, 3.8) is 0 Å². The van der Waals surface area contributed by atoms with Gasteiger partial charge in [0.05, 0.1) is 11.5 Å². The number of hydrogen-bond acceptors (Lipinski definition) is 6. The van der Waals surface area contributed by atoms with Crippen molar-refractivity contribution < 1.29 is 19.0 Å². The van der Waals surface area contributed by atoms with E-state index in [-0.39, 0.29) is 30.4 Å². The molecule has 0 saturated carbocycles. The molecule has 2 aromatic heterocycles. The molecule has 0 radical (unpaired) electrons. The number of hydrogen-bond donors (Lipinski definition) is 1. The Bertz CT molecular complexity index is 1080. The molecule has 3 aromatic rings. The quantitative estimate of drug-likeness (QED) is 0.711. The number of amides is 1. The van der Waals surface area contributed by atoms with E-state index in [0.29, 0.717) is 17.0 Å². The summed E-state index contributed by atoms with van der Waals surface area (Å²) in [5.41, 5.74) is 1.23. The van der Waals surface area contributed by atoms with Gasteiger partial charge in [-0.2, -0.15) is 0 Å². The van der Waals surface area contributed by atoms with Gasteiger partial charge < -0.3 is 24.1 Å². The first-order valence-corrected chi connectivity index (χ1v) is 10.2. The molecule has 1 amide bonds. The van der Waals surface area contributed by atoms with Crippen LogP contribution in [-0.4, -0.2) is 44.5 Å². The van der Waals surface area contributed by atoms with Crippen LogP contribution in [0.25, 0.3) is 11.0 Å². The number of rotatable bonds is 4. The van der Waals surface area contributed by atoms with Crippen LogP contribution in [0, 0.1) is 0 Å². The SMILES string of the molecule is CC[C@H]1O[C@@H](n2ccc3c(NC(=O)c4ccccc4)ncnc32)[C@H]2OC(C)(C)OC12. The van der Waals surface area contributed by atoms with E-state index in [1.165, 1.54) is 6.33 Å². The second-order valence-electron chi connectivity index (χ2n) is 8.04. The Hall–Kier alpha value is -2.81. The van der Waals surface area contributed by atoms with Crippen LogP contribution in [0.2, 0.25) is 0 Å². The molecule has 2 aliphatic heterocycles. The molecule has 4 atom stereocenters. The second kappa shape index (κ2) is 7.16. The van der Waals surface area contributed by atoms with E-state index in [1.807, 2.05) is 48.9 Å². The van der Waals surface area contributed by atoms with Gasteiger partial charge in [-0.05, 0) is 38.5 Å². The molecule has 156 valence electrons. The molecule has 1 aromatic carbocycles. The first-order valence-electron chi connectivity index (χ1n) is 10.2. The number of nitrogens with zero attached hydrogens (tertiary/aromatic N) is 3. The topological polar surface area (TPSA) is 87.5 Å². The van der Waals surface area contributed by atoms with Crippen LogP contribution < -0.4 is 5.32 Å². The van der Waals surface area contributed by atoms with Crippen molar-refractivity contribution in [1.82, 2.24) is 14.5 Å². The number of carbonyl (C=O) groups is 1. The maximum atomic E-state index is 12.6. The van der Waals surface area contributed by atoms with Crippen molar-refractivity contribution in [1.29, 1.82) is 0 Å². The summed E-state index contributed by atoms with van der Waals surface area (Å²) in [6.07, 6.45) is 3.36. The summed E-state index contributed by atoms with van der Waals surface area (Å²) in [5, 5.41) is 3.62. The highest BCUT2D eigenvalue weighted by Gasteiger charge is 2.55. The van der Waals surface area contributed by atoms with Gasteiger partial charge in [-0.3, -0.25) is 4.79 Å². The normalized spacial score (nSPS) is 27.3. The van der Waals surface area contributed by atoms with E-state index in [4.69, 9.17) is 14.2 Å². The third-order valence-electron chi connectivity index (χ3n) is 5.58. The van der Waals surface area contributed by atoms with Gasteiger partial charge in [-0.15, -0.1) is 0 Å². The van der Waals surface area contributed by atoms with Gasteiger partial charge in [0.2, 0.25) is 0 Å². The van der Waals surface area contributed by atoms with Gasteiger partial charge in [-0.1, -0.05) is 25.1 Å². The molecule has 2 fully saturated rings. The molecular weight excluding hydrogens is 384 g/mol. The molecule has 8 heteroatoms. The summed E-state index contributed by atoms with van der Waals surface area (Å²) in [6, 6.07) is 10.9. The van der Waals surface area contributed by atoms with Crippen molar-refractivity contribution in [3.05, 3.63) is 54.5 Å². The molecule has 8 nitrogen and oxygen atoms in total. The third kappa shape index (κ3) is 3.17. The summed E-state index contributed by atoms with van der Waals surface area (Å²) in [6.45, 7) is 5.91. The number of aromatic nitrogens is 3. The largest absolute Gasteiger partial charge is 0.349 e. The molecule has 0 bridgehead atoms. The van der Waals surface area contributed by atoms with Gasteiger partial charge in [0, 0.05) is 11.8 Å². The number of fused-ring (bicyclic) bond motifs is 2. The molecule has 0 aliphatic carbocycles. The zero-order chi connectivity index (χ0) is 20.9. The number of nitrogens with one attached hydrogen (secondary N) is 1. The Labute approximate surface area is 174 Å². The predicted octanol–water partition coefficient (Wildman–Crippen LogP) is 3.51. The first kappa shape index (κ1) is 19.2. The zero-order valence-corrected chi connectivity index (χ0v) is 17.1. The van der Waals surface area contributed by atoms with E-state index in [1.54, 1.807) is 12.1 Å². The highest BCUT2D eigenvalue weighted by Crippen LogP contribution is 2.44. The molecule has 5 rings (SSSR count). The predicted molar refractivity (Wildman–Crippen MR) is 110 cm³/mol. The lowest BCUT2D eigenvalue weighted by molar-refractivity contribution is -0.196. The minimum atomic E-state index is -0.655. The van der Waals surface area contributed by atoms with Crippen LogP contribution >= 0.6 is 0 Å². The fourth-order valence-corrected chi connectivity index (χ4v) is 4.26. The van der Waals surface area contributed by atoms with Crippen LogP contribution in [0.5, 0.6) is 0 Å². The van der Waals surface area contributed by atoms with Crippen LogP contribution in [0.4, 0.5) is 5.82 Å². The number of benzene rings is 1. The standard InChI is InChI=1S/C22H24N4O4/c1-4-15-16-17(30-22(2,3)29-16)21(28-15)26-11-10-14-18(23-12-24-19(14)26)25-20(27)13-8-6-5-7-9-13/h5-12,15-17,21H,4H2,1-3H3,(H,23,24,25,27)/t15-,16?,17+,21-/m1/s1. The van der Waals surface area contributed by atoms with Gasteiger partial charge >= 0.3 is 0 Å². The van der Waals surface area contributed by atoms with Crippen LogP contribution in [0.3, 0.4) is 0 Å². The Kier molecular flexibility index (Phi) is 4.57. The number of ether oxygens (including phenoxy) is 3. The molecule has 1 N–H and O–H groups in total. The van der Waals surface area contributed by atoms with Crippen LogP contribution in [0.15, 0.2) is 48.9 Å². The molecule has 0 spiro atoms. The smallest absolute Gasteiger partial charge is 0.256 e. The zero-order valence-electron chi connectivity index (χ0n) is 17.1. The maximum absolute atomic E-state index is 12.6. The lowest BCUT2D eigenvalue weighted by Crippen LogP contribution is -2.28. The third-order valence-corrected chi connectivity index (χ3v) is 5.58. The highest BCUT2D eigenvalue weighted by atomic mass is 16.8. The molecule has 2 saturated heterocycles. The minimum Gasteiger partial charge on any atom is -0.349 e. The van der Waals surface area contributed by atoms with Gasteiger partial charge in [0.25, 0.3) is 5.91 Å². The summed E-state index contributed by atoms with van der Waals surface area (Å²) in [7, 11) is 0. The molecular formula is C22H24N4O4. The van der Waals surface area contributed by atoms with E-state index in [0.717, 1.165) is 11.8 Å². The van der Waals surface area contributed by atoms with Crippen molar-refractivity contribution in [2.24, 2.45) is 0 Å². The van der Waals surface area contributed by atoms with Gasteiger partial charge in [0.1, 0.15) is 30.0 Å². The van der Waals surface area contributed by atoms with Gasteiger partial charge in [-0.25, -0.2) is 9.97 Å². The summed E-state index contributed by atoms with van der Waals surface area (Å²) < 4.78 is 20.5. The molecule has 4 heterocycles. The van der Waals surface area contributed by atoms with E-state index in [9.17, 15) is 4.79 Å². The minimum absolute atomic E-state index is 0.0571. The lowest BCUT2D eigenvalue weighted by Gasteiger charge is -2.24. The first-order chi connectivity index (χ1) is 14.5. The van der Waals surface area contributed by atoms with Crippen molar-refractivity contribution in [3.8, 4) is 0 Å². The number of anilines is 1. The Morgan fingerprint density at radius 1 is 1.13 bits per heavy atom. The molecule has 2 aliphatic rings. The Morgan fingerprint density at radius 3 is 2.67 bits per heavy atom. The Morgan fingerprint density at radius 2 is 1.90 bits per heavy atom. The average Bonchev–Trinajstić information content (AvgIpc) is 3.39. The van der Waals surface area contributed by atoms with Crippen molar-refractivity contribution in [2.45, 2.75) is 57.5 Å². The van der Waals surface area contributed by atoms with Crippen LogP contribution in [0.1, 0.15) is 43.8 Å². The van der Waals surface area contributed by atoms with Crippen molar-refractivity contribution >= 4 is 22.8 Å². The van der Waals surface area contributed by atoms with Crippen molar-refractivity contribution in [2.75, 3.05) is 5.32 Å². The van der Waals surface area contributed by atoms with Gasteiger partial charge in [0.15, 0.2) is 12.0 Å². The molecule has 30 heavy (non-hydrogen) atoms. The van der Waals surface area contributed by atoms with Crippen LogP contribution in [-0.2, 0) is 14.2 Å². The lowest BCUT2D eigenvalue weighted by atomic mass is 10.1. The molecule has 1 unspecified atom stereocenters. The summed E-state index contributed by atoms with van der Waals surface area (Å²) in [5.74, 6) is -0.420. The second-order valence-corrected chi connectivity index (χ2v) is 8.04. The number of carbonyl (C=O) groups excluding carboxylic acids is 1. The van der Waals surface area contributed by atoms with E-state index >= 15 is 0 Å². The van der Waals surface area contributed by atoms with E-state index < -0.39 is 5.79 Å². The fraction of sp³-hybridized carbons (Fsp3) is 0.409. The monoisotopic (exact) mass is 408 g/mol. The summed E-state index contributed by atoms with van der Waals surface area (Å²) in [4.78, 5) is 21.3. The average molecular weight is 408 g/mol. The van der Waals surface area contributed by atoms with E-state index in [2.05, 4.69) is 22.2 Å². The highest BCUT2D eigenvalue weighted by molar-refractivity contribution is 6.07. The Balaban J connectivity index is 1.47. The maximum Gasteiger partial charge on any atom is 0.256 e. The summed E-state index contributed by atoms with van der Waals surface area (Å²) >= 11 is 0. The fourth-order valence-electron chi connectivity index (χ4n) is 4.26.